The van der Waals surface area contributed by atoms with Crippen molar-refractivity contribution in [3.63, 3.8) is 0 Å². The van der Waals surface area contributed by atoms with Crippen molar-refractivity contribution in [3.05, 3.63) is 76.9 Å². The highest BCUT2D eigenvalue weighted by molar-refractivity contribution is 5.45. The first kappa shape index (κ1) is 33.9. The fourth-order valence-corrected chi connectivity index (χ4v) is 9.84. The minimum atomic E-state index is -5.90. The number of allylic oxidation sites excluding steroid dienone is 1. The van der Waals surface area contributed by atoms with Crippen LogP contribution in [-0.2, 0) is 16.1 Å². The molecule has 7 rings (SSSR count). The Morgan fingerprint density at radius 1 is 0.854 bits per heavy atom. The third kappa shape index (κ3) is 5.23. The van der Waals surface area contributed by atoms with Crippen LogP contribution in [0.15, 0.2) is 65.7 Å². The van der Waals surface area contributed by atoms with Crippen LogP contribution < -0.4 is 4.74 Å². The van der Waals surface area contributed by atoms with Crippen LogP contribution in [0, 0.1) is 22.7 Å². The van der Waals surface area contributed by atoms with Crippen molar-refractivity contribution < 1.29 is 46.4 Å². The molecular weight excluding hydrogens is 631 g/mol. The van der Waals surface area contributed by atoms with Gasteiger partial charge in [-0.1, -0.05) is 68.8 Å². The Morgan fingerprint density at radius 2 is 1.52 bits per heavy atom. The van der Waals surface area contributed by atoms with E-state index in [-0.39, 0.29) is 30.6 Å². The number of hydrogen-bond donors (Lipinski definition) is 2. The van der Waals surface area contributed by atoms with Crippen LogP contribution in [0.4, 0.5) is 22.0 Å². The summed E-state index contributed by atoms with van der Waals surface area (Å²) in [4.78, 5) is 0. The van der Waals surface area contributed by atoms with E-state index < -0.39 is 52.8 Å². The summed E-state index contributed by atoms with van der Waals surface area (Å²) in [6.07, 6.45) is -4.69. The molecule has 1 heterocycles. The maximum absolute atomic E-state index is 15.4. The maximum Gasteiger partial charge on any atom is 0.456 e. The SMILES string of the molecule is CC1(C)COC2(CCC3=C4C(CC[C@@]3(O)C2)C2CC[C@@](O)(C(F)(F)C(F)(F)F)[C@@]2(C)C[C@@H]4c2ccc(OCc3ccccc3)cc2)OC1. The van der Waals surface area contributed by atoms with E-state index in [1.807, 2.05) is 42.5 Å². The molecule has 2 N–H and O–H groups in total. The van der Waals surface area contributed by atoms with Crippen molar-refractivity contribution >= 4 is 0 Å². The van der Waals surface area contributed by atoms with E-state index >= 15 is 8.78 Å². The number of alkyl halides is 5. The Balaban J connectivity index is 1.27. The van der Waals surface area contributed by atoms with E-state index in [4.69, 9.17) is 14.2 Å². The van der Waals surface area contributed by atoms with Gasteiger partial charge in [-0.2, -0.15) is 22.0 Å². The van der Waals surface area contributed by atoms with Crippen LogP contribution in [0.25, 0.3) is 0 Å². The van der Waals surface area contributed by atoms with Crippen molar-refractivity contribution in [2.24, 2.45) is 22.7 Å². The van der Waals surface area contributed by atoms with Gasteiger partial charge >= 0.3 is 12.1 Å². The predicted molar refractivity (Wildman–Crippen MR) is 168 cm³/mol. The van der Waals surface area contributed by atoms with E-state index in [2.05, 4.69) is 13.8 Å². The number of halogens is 5. The number of fused-ring (bicyclic) bond motifs is 4. The van der Waals surface area contributed by atoms with Crippen molar-refractivity contribution in [2.45, 2.75) is 114 Å². The molecule has 2 aromatic rings. The molecule has 5 aliphatic rings. The van der Waals surface area contributed by atoms with E-state index in [1.54, 1.807) is 12.1 Å². The monoisotopic (exact) mass is 676 g/mol. The number of ether oxygens (including phenoxy) is 3. The van der Waals surface area contributed by atoms with E-state index in [1.165, 1.54) is 6.92 Å². The largest absolute Gasteiger partial charge is 0.489 e. The molecule has 1 spiro atoms. The van der Waals surface area contributed by atoms with Crippen LogP contribution in [0.3, 0.4) is 0 Å². The summed E-state index contributed by atoms with van der Waals surface area (Å²) in [6, 6.07) is 16.9. The second kappa shape index (κ2) is 11.2. The predicted octanol–water partition coefficient (Wildman–Crippen LogP) is 8.49. The van der Waals surface area contributed by atoms with Crippen molar-refractivity contribution in [3.8, 4) is 5.75 Å². The fourth-order valence-electron chi connectivity index (χ4n) is 9.84. The first-order chi connectivity index (χ1) is 22.4. The van der Waals surface area contributed by atoms with Crippen LogP contribution in [0.1, 0.15) is 89.2 Å². The zero-order valence-electron chi connectivity index (χ0n) is 27.7. The van der Waals surface area contributed by atoms with Gasteiger partial charge in [0.15, 0.2) is 5.79 Å². The molecule has 0 amide bonds. The lowest BCUT2D eigenvalue weighted by molar-refractivity contribution is -0.362. The first-order valence-corrected chi connectivity index (χ1v) is 17.1. The summed E-state index contributed by atoms with van der Waals surface area (Å²) < 4.78 is 91.2. The molecule has 2 unspecified atom stereocenters. The average Bonchev–Trinajstić information content (AvgIpc) is 3.32. The minimum Gasteiger partial charge on any atom is -0.489 e. The second-order valence-corrected chi connectivity index (χ2v) is 16.0. The van der Waals surface area contributed by atoms with E-state index in [0.717, 1.165) is 22.3 Å². The average molecular weight is 677 g/mol. The minimum absolute atomic E-state index is 0.0444. The van der Waals surface area contributed by atoms with Crippen LogP contribution >= 0.6 is 0 Å². The third-order valence-electron chi connectivity index (χ3n) is 12.4. The van der Waals surface area contributed by atoms with Gasteiger partial charge in [0.2, 0.25) is 0 Å². The molecule has 10 heteroatoms. The molecule has 5 nitrogen and oxygen atoms in total. The fraction of sp³-hybridized carbons (Fsp3) is 0.632. The van der Waals surface area contributed by atoms with Gasteiger partial charge in [-0.15, -0.1) is 0 Å². The summed E-state index contributed by atoms with van der Waals surface area (Å²) in [5.74, 6) is -7.18. The zero-order valence-corrected chi connectivity index (χ0v) is 27.7. The third-order valence-corrected chi connectivity index (χ3v) is 12.4. The highest BCUT2D eigenvalue weighted by atomic mass is 19.4. The molecule has 6 atom stereocenters. The topological polar surface area (TPSA) is 68.2 Å². The Hall–Kier alpha value is -2.53. The van der Waals surface area contributed by atoms with Crippen molar-refractivity contribution in [2.75, 3.05) is 13.2 Å². The summed E-state index contributed by atoms with van der Waals surface area (Å²) in [7, 11) is 0. The van der Waals surface area contributed by atoms with Gasteiger partial charge in [0.1, 0.15) is 18.0 Å². The van der Waals surface area contributed by atoms with Gasteiger partial charge in [-0.25, -0.2) is 0 Å². The summed E-state index contributed by atoms with van der Waals surface area (Å²) in [5.41, 5.74) is -2.95. The molecule has 2 aromatic carbocycles. The molecule has 0 aromatic heterocycles. The second-order valence-electron chi connectivity index (χ2n) is 16.0. The number of aliphatic hydroxyl groups is 2. The summed E-state index contributed by atoms with van der Waals surface area (Å²) in [5, 5.41) is 23.9. The Kier molecular flexibility index (Phi) is 7.95. The number of rotatable bonds is 5. The smallest absolute Gasteiger partial charge is 0.456 e. The summed E-state index contributed by atoms with van der Waals surface area (Å²) in [6.45, 7) is 6.87. The number of benzene rings is 2. The standard InChI is InChI=1S/C38H45F5O5/c1-32(2)22-47-35(48-23-32)17-14-30-31-27(13-16-34(30,44)21-35)29-15-18-36(45,37(39,40)38(41,42)43)33(29,3)19-28(31)25-9-11-26(12-10-25)46-20-24-7-5-4-6-8-24/h4-12,27-29,44-45H,13-23H2,1-3H3/t27?,28-,29?,33+,34-,36+/m1/s1. The lowest BCUT2D eigenvalue weighted by Crippen LogP contribution is -2.65. The van der Waals surface area contributed by atoms with Crippen molar-refractivity contribution in [1.82, 2.24) is 0 Å². The molecule has 4 aliphatic carbocycles. The quantitative estimate of drug-likeness (QED) is 0.246. The van der Waals surface area contributed by atoms with E-state index in [9.17, 15) is 23.4 Å². The molecular formula is C38H45F5O5. The van der Waals surface area contributed by atoms with Gasteiger partial charge in [-0.05, 0) is 79.2 Å². The Bertz CT molecular complexity index is 1550. The van der Waals surface area contributed by atoms with Gasteiger partial charge in [0, 0.05) is 29.6 Å². The molecule has 1 aliphatic heterocycles. The van der Waals surface area contributed by atoms with Crippen LogP contribution in [0.5, 0.6) is 5.75 Å². The van der Waals surface area contributed by atoms with Crippen LogP contribution in [0.2, 0.25) is 0 Å². The number of hydrogen-bond acceptors (Lipinski definition) is 5. The summed E-state index contributed by atoms with van der Waals surface area (Å²) >= 11 is 0. The van der Waals surface area contributed by atoms with Crippen LogP contribution in [-0.4, -0.2) is 52.5 Å². The Morgan fingerprint density at radius 3 is 2.17 bits per heavy atom. The molecule has 48 heavy (non-hydrogen) atoms. The normalized spacial score (nSPS) is 35.9. The molecule has 0 bridgehead atoms. The molecule has 4 fully saturated rings. The van der Waals surface area contributed by atoms with Gasteiger partial charge < -0.3 is 24.4 Å². The lowest BCUT2D eigenvalue weighted by Gasteiger charge is -2.59. The first-order valence-electron chi connectivity index (χ1n) is 17.1. The van der Waals surface area contributed by atoms with Gasteiger partial charge in [0.25, 0.3) is 0 Å². The highest BCUT2D eigenvalue weighted by Crippen LogP contribution is 2.71. The molecule has 1 saturated heterocycles. The van der Waals surface area contributed by atoms with E-state index in [0.29, 0.717) is 51.3 Å². The van der Waals surface area contributed by atoms with Gasteiger partial charge in [0.05, 0.1) is 18.8 Å². The lowest BCUT2D eigenvalue weighted by atomic mass is 9.49. The zero-order chi connectivity index (χ0) is 34.4. The molecule has 0 radical (unpaired) electrons. The molecule has 3 saturated carbocycles. The maximum atomic E-state index is 15.4. The van der Waals surface area contributed by atoms with Gasteiger partial charge in [-0.3, -0.25) is 0 Å². The molecule has 262 valence electrons. The van der Waals surface area contributed by atoms with Crippen molar-refractivity contribution in [1.29, 1.82) is 0 Å². The Labute approximate surface area is 278 Å². The highest BCUT2D eigenvalue weighted by Gasteiger charge is 2.79.